The zero-order valence-corrected chi connectivity index (χ0v) is 11.7. The highest BCUT2D eigenvalue weighted by Gasteiger charge is 2.02. The number of rotatable bonds is 4. The Morgan fingerprint density at radius 3 is 2.95 bits per heavy atom. The monoisotopic (exact) mass is 317 g/mol. The summed E-state index contributed by atoms with van der Waals surface area (Å²) in [5, 5.41) is 7.72. The first-order valence-electron chi connectivity index (χ1n) is 5.97. The average molecular weight is 318 g/mol. The van der Waals surface area contributed by atoms with Crippen molar-refractivity contribution in [3.05, 3.63) is 53.0 Å². The van der Waals surface area contributed by atoms with Gasteiger partial charge in [-0.15, -0.1) is 5.10 Å². The van der Waals surface area contributed by atoms with Gasteiger partial charge in [-0.05, 0) is 40.2 Å². The lowest BCUT2D eigenvalue weighted by Gasteiger charge is -2.05. The summed E-state index contributed by atoms with van der Waals surface area (Å²) in [5.74, 6) is 0.821. The van der Waals surface area contributed by atoms with Crippen LogP contribution in [0.3, 0.4) is 0 Å². The number of halogens is 1. The van der Waals surface area contributed by atoms with Gasteiger partial charge < -0.3 is 5.32 Å². The largest absolute Gasteiger partial charge is 0.368 e. The van der Waals surface area contributed by atoms with Gasteiger partial charge in [0.25, 0.3) is 0 Å². The van der Waals surface area contributed by atoms with Gasteiger partial charge in [-0.1, -0.05) is 6.07 Å². The molecule has 0 aliphatic heterocycles. The Morgan fingerprint density at radius 1 is 1.16 bits per heavy atom. The van der Waals surface area contributed by atoms with Crippen molar-refractivity contribution < 1.29 is 0 Å². The fourth-order valence-electron chi connectivity index (χ4n) is 1.80. The molecule has 0 bridgehead atoms. The Labute approximate surface area is 118 Å². The van der Waals surface area contributed by atoms with Gasteiger partial charge >= 0.3 is 0 Å². The van der Waals surface area contributed by atoms with Gasteiger partial charge in [-0.25, -0.2) is 9.50 Å². The first-order chi connectivity index (χ1) is 9.33. The van der Waals surface area contributed by atoms with E-state index in [4.69, 9.17) is 0 Å². The van der Waals surface area contributed by atoms with Crippen LogP contribution >= 0.6 is 15.9 Å². The van der Waals surface area contributed by atoms with E-state index >= 15 is 0 Å². The van der Waals surface area contributed by atoms with Gasteiger partial charge in [-0.3, -0.25) is 4.98 Å². The van der Waals surface area contributed by atoms with Gasteiger partial charge in [0.2, 0.25) is 0 Å². The zero-order valence-electron chi connectivity index (χ0n) is 10.1. The number of aromatic nitrogens is 4. The van der Waals surface area contributed by atoms with Crippen LogP contribution in [0.25, 0.3) is 5.65 Å². The minimum absolute atomic E-state index is 0.793. The van der Waals surface area contributed by atoms with Crippen molar-refractivity contribution in [2.24, 2.45) is 0 Å². The SMILES string of the molecule is Brc1cnc2ccc(NCCc3ccccn3)nn12. The van der Waals surface area contributed by atoms with Crippen molar-refractivity contribution in [1.82, 2.24) is 19.6 Å². The van der Waals surface area contributed by atoms with Crippen LogP contribution in [-0.4, -0.2) is 26.1 Å². The third kappa shape index (κ3) is 2.73. The summed E-state index contributed by atoms with van der Waals surface area (Å²) in [4.78, 5) is 8.49. The number of hydrogen-bond acceptors (Lipinski definition) is 4. The molecule has 0 radical (unpaired) electrons. The molecule has 19 heavy (non-hydrogen) atoms. The predicted molar refractivity (Wildman–Crippen MR) is 77.1 cm³/mol. The summed E-state index contributed by atoms with van der Waals surface area (Å²) < 4.78 is 2.60. The van der Waals surface area contributed by atoms with Crippen LogP contribution < -0.4 is 5.32 Å². The lowest BCUT2D eigenvalue weighted by molar-refractivity contribution is 0.892. The van der Waals surface area contributed by atoms with Crippen LogP contribution in [-0.2, 0) is 6.42 Å². The molecule has 3 aromatic heterocycles. The van der Waals surface area contributed by atoms with E-state index in [0.29, 0.717) is 0 Å². The lowest BCUT2D eigenvalue weighted by Crippen LogP contribution is -2.08. The number of imidazole rings is 1. The Bertz CT molecular complexity index is 680. The van der Waals surface area contributed by atoms with Crippen LogP contribution in [0.1, 0.15) is 5.69 Å². The Kier molecular flexibility index (Phi) is 3.41. The molecule has 5 nitrogen and oxygen atoms in total. The molecule has 96 valence electrons. The molecule has 3 rings (SSSR count). The number of fused-ring (bicyclic) bond motifs is 1. The average Bonchev–Trinajstić information content (AvgIpc) is 2.82. The van der Waals surface area contributed by atoms with Crippen molar-refractivity contribution in [2.75, 3.05) is 11.9 Å². The fourth-order valence-corrected chi connectivity index (χ4v) is 2.17. The van der Waals surface area contributed by atoms with E-state index in [1.165, 1.54) is 0 Å². The topological polar surface area (TPSA) is 55.1 Å². The number of pyridine rings is 1. The van der Waals surface area contributed by atoms with Crippen molar-refractivity contribution >= 4 is 27.4 Å². The molecule has 0 aliphatic carbocycles. The molecule has 0 amide bonds. The fraction of sp³-hybridized carbons (Fsp3) is 0.154. The third-order valence-corrected chi connectivity index (χ3v) is 3.27. The molecule has 0 atom stereocenters. The first-order valence-corrected chi connectivity index (χ1v) is 6.76. The number of anilines is 1. The maximum atomic E-state index is 4.44. The quantitative estimate of drug-likeness (QED) is 0.803. The molecule has 3 aromatic rings. The van der Waals surface area contributed by atoms with Crippen molar-refractivity contribution in [3.8, 4) is 0 Å². The summed E-state index contributed by atoms with van der Waals surface area (Å²) in [7, 11) is 0. The molecular weight excluding hydrogens is 306 g/mol. The molecule has 0 fully saturated rings. The van der Waals surface area contributed by atoms with Crippen LogP contribution in [0.2, 0.25) is 0 Å². The molecule has 0 aliphatic rings. The highest BCUT2D eigenvalue weighted by molar-refractivity contribution is 9.10. The smallest absolute Gasteiger partial charge is 0.154 e. The molecule has 0 saturated heterocycles. The molecule has 0 unspecified atom stereocenters. The molecule has 0 saturated carbocycles. The Morgan fingerprint density at radius 2 is 2.11 bits per heavy atom. The second-order valence-electron chi connectivity index (χ2n) is 4.07. The van der Waals surface area contributed by atoms with Gasteiger partial charge in [0.1, 0.15) is 10.4 Å². The van der Waals surface area contributed by atoms with Crippen molar-refractivity contribution in [1.29, 1.82) is 0 Å². The molecule has 3 heterocycles. The first kappa shape index (κ1) is 12.1. The predicted octanol–water partition coefficient (Wildman–Crippen LogP) is 2.54. The molecule has 0 aromatic carbocycles. The van der Waals surface area contributed by atoms with Crippen LogP contribution in [0.5, 0.6) is 0 Å². The van der Waals surface area contributed by atoms with E-state index in [2.05, 4.69) is 36.3 Å². The zero-order chi connectivity index (χ0) is 13.1. The summed E-state index contributed by atoms with van der Waals surface area (Å²) in [6.07, 6.45) is 4.41. The number of nitrogens with zero attached hydrogens (tertiary/aromatic N) is 4. The summed E-state index contributed by atoms with van der Waals surface area (Å²) in [5.41, 5.74) is 1.89. The minimum Gasteiger partial charge on any atom is -0.368 e. The normalized spacial score (nSPS) is 10.8. The van der Waals surface area contributed by atoms with Crippen LogP contribution in [0.15, 0.2) is 47.3 Å². The van der Waals surface area contributed by atoms with Crippen LogP contribution in [0.4, 0.5) is 5.82 Å². The number of nitrogens with one attached hydrogen (secondary N) is 1. The molecule has 6 heteroatoms. The molecule has 1 N–H and O–H groups in total. The summed E-state index contributed by atoms with van der Waals surface area (Å²) in [6, 6.07) is 9.79. The summed E-state index contributed by atoms with van der Waals surface area (Å²) in [6.45, 7) is 0.793. The molecule has 0 spiro atoms. The van der Waals surface area contributed by atoms with Gasteiger partial charge in [0, 0.05) is 24.9 Å². The standard InChI is InChI=1S/C13H12BrN5/c14-11-9-17-13-5-4-12(18-19(11)13)16-8-6-10-3-1-2-7-15-10/h1-5,7,9H,6,8H2,(H,16,18). The number of hydrogen-bond donors (Lipinski definition) is 1. The highest BCUT2D eigenvalue weighted by Crippen LogP contribution is 2.13. The van der Waals surface area contributed by atoms with E-state index < -0.39 is 0 Å². The second kappa shape index (κ2) is 5.36. The van der Waals surface area contributed by atoms with E-state index in [9.17, 15) is 0 Å². The van der Waals surface area contributed by atoms with E-state index in [1.54, 1.807) is 10.7 Å². The third-order valence-electron chi connectivity index (χ3n) is 2.73. The minimum atomic E-state index is 0.793. The Hall–Kier alpha value is -1.95. The van der Waals surface area contributed by atoms with Gasteiger partial charge in [-0.2, -0.15) is 0 Å². The van der Waals surface area contributed by atoms with Gasteiger partial charge in [0.05, 0.1) is 6.20 Å². The summed E-state index contributed by atoms with van der Waals surface area (Å²) >= 11 is 3.41. The maximum Gasteiger partial charge on any atom is 0.154 e. The van der Waals surface area contributed by atoms with Gasteiger partial charge in [0.15, 0.2) is 5.65 Å². The van der Waals surface area contributed by atoms with Crippen LogP contribution in [0, 0.1) is 0 Å². The lowest BCUT2D eigenvalue weighted by atomic mass is 10.3. The molecular formula is C13H12BrN5. The highest BCUT2D eigenvalue weighted by atomic mass is 79.9. The van der Waals surface area contributed by atoms with E-state index in [0.717, 1.165) is 34.7 Å². The van der Waals surface area contributed by atoms with Crippen molar-refractivity contribution in [3.63, 3.8) is 0 Å². The van der Waals surface area contributed by atoms with E-state index in [1.807, 2.05) is 36.5 Å². The Balaban J connectivity index is 1.67. The van der Waals surface area contributed by atoms with E-state index in [-0.39, 0.29) is 0 Å². The maximum absolute atomic E-state index is 4.44. The van der Waals surface area contributed by atoms with Crippen molar-refractivity contribution in [2.45, 2.75) is 6.42 Å². The second-order valence-corrected chi connectivity index (χ2v) is 4.88.